The molecule has 0 bridgehead atoms. The topological polar surface area (TPSA) is 88.8 Å². The van der Waals surface area contributed by atoms with Crippen molar-refractivity contribution < 1.29 is 18.0 Å². The van der Waals surface area contributed by atoms with E-state index in [2.05, 4.69) is 30.5 Å². The molecule has 0 radical (unpaired) electrons. The molecule has 1 aliphatic heterocycles. The van der Waals surface area contributed by atoms with Crippen LogP contribution in [0.2, 0.25) is 0 Å². The Morgan fingerprint density at radius 3 is 2.52 bits per heavy atom. The molecule has 0 spiro atoms. The lowest BCUT2D eigenvalue weighted by atomic mass is 9.96. The third-order valence-corrected chi connectivity index (χ3v) is 7.21. The Bertz CT molecular complexity index is 1500. The molecule has 1 N–H and O–H groups in total. The highest BCUT2D eigenvalue weighted by Gasteiger charge is 2.34. The number of benzene rings is 2. The second-order valence-electron chi connectivity index (χ2n) is 10.1. The van der Waals surface area contributed by atoms with E-state index in [0.29, 0.717) is 34.7 Å². The minimum absolute atomic E-state index is 0.0239. The maximum atomic E-state index is 13.9. The van der Waals surface area contributed by atoms with Gasteiger partial charge in [-0.3, -0.25) is 4.79 Å². The van der Waals surface area contributed by atoms with Gasteiger partial charge in [-0.05, 0) is 74.7 Å². The minimum atomic E-state index is -4.57. The minimum Gasteiger partial charge on any atom is -0.384 e. The van der Waals surface area contributed by atoms with Gasteiger partial charge in [-0.25, -0.2) is 14.6 Å². The Labute approximate surface area is 230 Å². The Balaban J connectivity index is 1.37. The molecule has 40 heavy (non-hydrogen) atoms. The molecule has 208 valence electrons. The molecule has 8 nitrogen and oxygen atoms in total. The van der Waals surface area contributed by atoms with Crippen molar-refractivity contribution in [2.45, 2.75) is 39.3 Å². The summed E-state index contributed by atoms with van der Waals surface area (Å²) in [5.41, 5.74) is 3.22. The normalized spacial score (nSPS) is 14.0. The van der Waals surface area contributed by atoms with Gasteiger partial charge in [0.05, 0.1) is 17.4 Å². The van der Waals surface area contributed by atoms with Gasteiger partial charge in [0.2, 0.25) is 0 Å². The van der Waals surface area contributed by atoms with E-state index in [9.17, 15) is 18.0 Å². The number of anilines is 1. The first-order valence-electron chi connectivity index (χ1n) is 13.2. The van der Waals surface area contributed by atoms with Crippen molar-refractivity contribution in [3.8, 4) is 16.9 Å². The number of likely N-dealkylation sites (tertiary alicyclic amines) is 1. The van der Waals surface area contributed by atoms with Crippen molar-refractivity contribution >= 4 is 11.5 Å². The zero-order valence-electron chi connectivity index (χ0n) is 22.4. The SMILES string of the molecule is Cc1ccc(CC(=O)c2cc(NCCN3CCCC3)c(C)c(C(F)(F)F)c2)cc1-n1cc(-c2cncnc2)nn1. The summed E-state index contributed by atoms with van der Waals surface area (Å²) in [5, 5.41) is 11.5. The molecule has 3 heterocycles. The van der Waals surface area contributed by atoms with Crippen LogP contribution >= 0.6 is 0 Å². The number of halogens is 3. The van der Waals surface area contributed by atoms with Gasteiger partial charge in [-0.1, -0.05) is 17.3 Å². The van der Waals surface area contributed by atoms with Gasteiger partial charge < -0.3 is 10.2 Å². The first-order valence-corrected chi connectivity index (χ1v) is 13.2. The van der Waals surface area contributed by atoms with Crippen LogP contribution in [0.15, 0.2) is 55.2 Å². The van der Waals surface area contributed by atoms with E-state index < -0.39 is 17.5 Å². The van der Waals surface area contributed by atoms with Crippen molar-refractivity contribution in [2.75, 3.05) is 31.5 Å². The van der Waals surface area contributed by atoms with Crippen LogP contribution in [0.1, 0.15) is 45.5 Å². The number of rotatable bonds is 9. The molecule has 5 rings (SSSR count). The molecular weight excluding hydrogens is 519 g/mol. The number of ketones is 1. The summed E-state index contributed by atoms with van der Waals surface area (Å²) >= 11 is 0. The molecule has 0 amide bonds. The van der Waals surface area contributed by atoms with Gasteiger partial charge in [-0.15, -0.1) is 5.10 Å². The van der Waals surface area contributed by atoms with Crippen molar-refractivity contribution in [3.05, 3.63) is 83.1 Å². The van der Waals surface area contributed by atoms with Gasteiger partial charge in [0.1, 0.15) is 12.0 Å². The van der Waals surface area contributed by atoms with Gasteiger partial charge in [-0.2, -0.15) is 13.2 Å². The van der Waals surface area contributed by atoms with Crippen molar-refractivity contribution in [3.63, 3.8) is 0 Å². The number of carbonyl (C=O) groups is 1. The number of nitrogens with one attached hydrogen (secondary N) is 1. The molecule has 2 aromatic heterocycles. The van der Waals surface area contributed by atoms with Crippen LogP contribution in [0.25, 0.3) is 16.9 Å². The van der Waals surface area contributed by atoms with Crippen LogP contribution < -0.4 is 5.32 Å². The molecule has 4 aromatic rings. The maximum Gasteiger partial charge on any atom is 0.416 e. The predicted molar refractivity (Wildman–Crippen MR) is 146 cm³/mol. The molecule has 0 atom stereocenters. The Morgan fingerprint density at radius 1 is 1.05 bits per heavy atom. The zero-order chi connectivity index (χ0) is 28.3. The fourth-order valence-corrected chi connectivity index (χ4v) is 4.95. The van der Waals surface area contributed by atoms with Crippen molar-refractivity contribution in [1.82, 2.24) is 29.9 Å². The van der Waals surface area contributed by atoms with Crippen LogP contribution in [-0.2, 0) is 12.6 Å². The second-order valence-corrected chi connectivity index (χ2v) is 10.1. The highest BCUT2D eigenvalue weighted by molar-refractivity contribution is 5.99. The summed E-state index contributed by atoms with van der Waals surface area (Å²) in [7, 11) is 0. The number of alkyl halides is 3. The summed E-state index contributed by atoms with van der Waals surface area (Å²) in [6.45, 7) is 6.60. The van der Waals surface area contributed by atoms with Crippen LogP contribution in [0.3, 0.4) is 0 Å². The molecule has 1 saturated heterocycles. The van der Waals surface area contributed by atoms with E-state index in [1.54, 1.807) is 35.4 Å². The van der Waals surface area contributed by atoms with Gasteiger partial charge in [0.15, 0.2) is 5.78 Å². The lowest BCUT2D eigenvalue weighted by Gasteiger charge is -2.19. The number of aromatic nitrogens is 5. The quantitative estimate of drug-likeness (QED) is 0.284. The van der Waals surface area contributed by atoms with Crippen LogP contribution in [0, 0.1) is 13.8 Å². The summed E-state index contributed by atoms with van der Waals surface area (Å²) in [6, 6.07) is 7.96. The van der Waals surface area contributed by atoms with Gasteiger partial charge >= 0.3 is 6.18 Å². The van der Waals surface area contributed by atoms with Crippen molar-refractivity contribution in [1.29, 1.82) is 0 Å². The summed E-state index contributed by atoms with van der Waals surface area (Å²) < 4.78 is 43.3. The molecule has 11 heteroatoms. The van der Waals surface area contributed by atoms with E-state index in [1.807, 2.05) is 13.0 Å². The number of aryl methyl sites for hydroxylation is 1. The molecule has 2 aromatic carbocycles. The lowest BCUT2D eigenvalue weighted by molar-refractivity contribution is -0.138. The molecule has 0 saturated carbocycles. The number of carbonyl (C=O) groups excluding carboxylic acids is 1. The predicted octanol–water partition coefficient (Wildman–Crippen LogP) is 5.29. The van der Waals surface area contributed by atoms with E-state index >= 15 is 0 Å². The Kier molecular flexibility index (Phi) is 7.92. The van der Waals surface area contributed by atoms with Crippen LogP contribution in [0.5, 0.6) is 0 Å². The van der Waals surface area contributed by atoms with Crippen LogP contribution in [0.4, 0.5) is 18.9 Å². The van der Waals surface area contributed by atoms with Gasteiger partial charge in [0.25, 0.3) is 0 Å². The number of hydrogen-bond donors (Lipinski definition) is 1. The molecule has 0 unspecified atom stereocenters. The average Bonchev–Trinajstić information content (AvgIpc) is 3.63. The molecule has 1 fully saturated rings. The third kappa shape index (κ3) is 6.20. The molecule has 1 aliphatic rings. The third-order valence-electron chi connectivity index (χ3n) is 7.21. The number of nitrogens with zero attached hydrogens (tertiary/aromatic N) is 6. The summed E-state index contributed by atoms with van der Waals surface area (Å²) in [5.74, 6) is -0.399. The Morgan fingerprint density at radius 2 is 1.80 bits per heavy atom. The maximum absolute atomic E-state index is 13.9. The highest BCUT2D eigenvalue weighted by Crippen LogP contribution is 2.36. The molecular formula is C29H30F3N7O. The largest absolute Gasteiger partial charge is 0.416 e. The fourth-order valence-electron chi connectivity index (χ4n) is 4.95. The summed E-state index contributed by atoms with van der Waals surface area (Å²) in [6.07, 6.45) is 4.09. The molecule has 0 aliphatic carbocycles. The zero-order valence-corrected chi connectivity index (χ0v) is 22.4. The van der Waals surface area contributed by atoms with Crippen LogP contribution in [-0.4, -0.2) is 61.8 Å². The number of hydrogen-bond acceptors (Lipinski definition) is 7. The first-order chi connectivity index (χ1) is 19.2. The first kappa shape index (κ1) is 27.4. The smallest absolute Gasteiger partial charge is 0.384 e. The van der Waals surface area contributed by atoms with E-state index in [0.717, 1.165) is 44.1 Å². The Hall–Kier alpha value is -4.12. The standard InChI is InChI=1S/C29H30F3N7O/c1-19-5-6-21(11-27(19)39-17-26(36-37-39)23-15-33-18-34-16-23)12-28(40)22-13-24(29(30,31)32)20(2)25(14-22)35-7-10-38-8-3-4-9-38/h5-6,11,13-18,35H,3-4,7-10,12H2,1-2H3. The highest BCUT2D eigenvalue weighted by atomic mass is 19.4. The monoisotopic (exact) mass is 549 g/mol. The number of Topliss-reactive ketones (excluding diaryl/α,β-unsaturated/α-hetero) is 1. The average molecular weight is 550 g/mol. The van der Waals surface area contributed by atoms with E-state index in [-0.39, 0.29) is 17.5 Å². The lowest BCUT2D eigenvalue weighted by Crippen LogP contribution is -2.26. The van der Waals surface area contributed by atoms with Gasteiger partial charge in [0, 0.05) is 48.7 Å². The summed E-state index contributed by atoms with van der Waals surface area (Å²) in [4.78, 5) is 23.6. The van der Waals surface area contributed by atoms with E-state index in [1.165, 1.54) is 19.3 Å². The fraction of sp³-hybridized carbons (Fsp3) is 0.345. The second kappa shape index (κ2) is 11.5. The van der Waals surface area contributed by atoms with E-state index in [4.69, 9.17) is 0 Å². The van der Waals surface area contributed by atoms with Crippen molar-refractivity contribution in [2.24, 2.45) is 0 Å².